The summed E-state index contributed by atoms with van der Waals surface area (Å²) in [4.78, 5) is 7.00. The number of aliphatic imine (C=N–C) groups is 1. The number of benzene rings is 1. The monoisotopic (exact) mass is 368 g/mol. The van der Waals surface area contributed by atoms with Gasteiger partial charge in [-0.2, -0.15) is 5.10 Å². The van der Waals surface area contributed by atoms with Gasteiger partial charge in [0.15, 0.2) is 5.96 Å². The smallest absolute Gasteiger partial charge is 0.191 e. The van der Waals surface area contributed by atoms with Gasteiger partial charge in [0.2, 0.25) is 0 Å². The number of rotatable bonds is 8. The molecule has 1 unspecified atom stereocenters. The Bertz CT molecular complexity index is 703. The molecule has 6 heteroatoms. The molecule has 0 saturated carbocycles. The molecular formula is C21H32N6. The Morgan fingerprint density at radius 1 is 1.15 bits per heavy atom. The number of nitrogens with zero attached hydrogens (tertiary/aromatic N) is 4. The lowest BCUT2D eigenvalue weighted by molar-refractivity contribution is 0.236. The maximum atomic E-state index is 4.40. The lowest BCUT2D eigenvalue weighted by atomic mass is 10.1. The van der Waals surface area contributed by atoms with Crippen molar-refractivity contribution >= 4 is 5.96 Å². The van der Waals surface area contributed by atoms with Gasteiger partial charge >= 0.3 is 0 Å². The normalized spacial score (nSPS) is 16.4. The van der Waals surface area contributed by atoms with E-state index in [1.54, 1.807) is 0 Å². The van der Waals surface area contributed by atoms with Crippen LogP contribution in [0.5, 0.6) is 0 Å². The molecule has 1 aliphatic heterocycles. The van der Waals surface area contributed by atoms with Crippen molar-refractivity contribution < 1.29 is 0 Å². The van der Waals surface area contributed by atoms with Gasteiger partial charge in [-0.05, 0) is 49.5 Å². The molecule has 0 spiro atoms. The van der Waals surface area contributed by atoms with Crippen molar-refractivity contribution in [3.63, 3.8) is 0 Å². The third-order valence-corrected chi connectivity index (χ3v) is 5.31. The minimum atomic E-state index is 0.582. The van der Waals surface area contributed by atoms with Crippen molar-refractivity contribution in [3.8, 4) is 0 Å². The molecule has 2 N–H and O–H groups in total. The Hall–Kier alpha value is -2.34. The highest BCUT2D eigenvalue weighted by molar-refractivity contribution is 5.79. The van der Waals surface area contributed by atoms with E-state index in [-0.39, 0.29) is 0 Å². The van der Waals surface area contributed by atoms with E-state index in [1.807, 2.05) is 30.2 Å². The SMILES string of the molecule is CCC(CNC(=NC)NCc1ccccc1Cn1cccn1)N1CCCC1. The maximum absolute atomic E-state index is 4.40. The third kappa shape index (κ3) is 5.57. The first-order chi connectivity index (χ1) is 13.3. The fraction of sp³-hybridized carbons (Fsp3) is 0.524. The molecule has 2 aromatic rings. The molecule has 1 aromatic carbocycles. The molecule has 1 saturated heterocycles. The zero-order valence-corrected chi connectivity index (χ0v) is 16.6. The molecule has 27 heavy (non-hydrogen) atoms. The van der Waals surface area contributed by atoms with Gasteiger partial charge in [0, 0.05) is 38.6 Å². The second kappa shape index (κ2) is 10.1. The van der Waals surface area contributed by atoms with Crippen LogP contribution in [0.1, 0.15) is 37.3 Å². The standard InChI is InChI=1S/C21H32N6/c1-3-20(26-12-6-7-13-26)16-24-21(22-2)23-15-18-9-4-5-10-19(18)17-27-14-8-11-25-27/h4-5,8-11,14,20H,3,6-7,12-13,15-17H2,1-2H3,(H2,22,23,24). The zero-order valence-electron chi connectivity index (χ0n) is 16.6. The van der Waals surface area contributed by atoms with Gasteiger partial charge in [0.25, 0.3) is 0 Å². The van der Waals surface area contributed by atoms with Crippen LogP contribution in [0.15, 0.2) is 47.7 Å². The highest BCUT2D eigenvalue weighted by atomic mass is 15.3. The van der Waals surface area contributed by atoms with Gasteiger partial charge in [-0.15, -0.1) is 0 Å². The Morgan fingerprint density at radius 3 is 2.59 bits per heavy atom. The number of likely N-dealkylation sites (tertiary alicyclic amines) is 1. The Balaban J connectivity index is 1.53. The van der Waals surface area contributed by atoms with Crippen LogP contribution in [0, 0.1) is 0 Å². The average Bonchev–Trinajstić information content (AvgIpc) is 3.40. The lowest BCUT2D eigenvalue weighted by Crippen LogP contribution is -2.46. The highest BCUT2D eigenvalue weighted by Crippen LogP contribution is 2.13. The van der Waals surface area contributed by atoms with Crippen LogP contribution >= 0.6 is 0 Å². The van der Waals surface area contributed by atoms with Gasteiger partial charge in [-0.3, -0.25) is 14.6 Å². The predicted molar refractivity (Wildman–Crippen MR) is 111 cm³/mol. The number of hydrogen-bond donors (Lipinski definition) is 2. The second-order valence-electron chi connectivity index (χ2n) is 7.08. The van der Waals surface area contributed by atoms with Crippen molar-refractivity contribution in [1.82, 2.24) is 25.3 Å². The van der Waals surface area contributed by atoms with E-state index >= 15 is 0 Å². The molecule has 0 amide bonds. The average molecular weight is 369 g/mol. The molecule has 1 aromatic heterocycles. The van der Waals surface area contributed by atoms with Gasteiger partial charge in [-0.1, -0.05) is 31.2 Å². The molecule has 3 rings (SSSR count). The lowest BCUT2D eigenvalue weighted by Gasteiger charge is -2.27. The van der Waals surface area contributed by atoms with Crippen LogP contribution in [0.3, 0.4) is 0 Å². The molecule has 1 atom stereocenters. The quantitative estimate of drug-likeness (QED) is 0.555. The van der Waals surface area contributed by atoms with Crippen LogP contribution in [0.25, 0.3) is 0 Å². The molecule has 0 bridgehead atoms. The summed E-state index contributed by atoms with van der Waals surface area (Å²) < 4.78 is 1.95. The van der Waals surface area contributed by atoms with E-state index in [9.17, 15) is 0 Å². The van der Waals surface area contributed by atoms with Crippen LogP contribution in [0.2, 0.25) is 0 Å². The largest absolute Gasteiger partial charge is 0.355 e. The van der Waals surface area contributed by atoms with E-state index in [1.165, 1.54) is 37.1 Å². The first-order valence-corrected chi connectivity index (χ1v) is 10.0. The fourth-order valence-electron chi connectivity index (χ4n) is 3.71. The van der Waals surface area contributed by atoms with E-state index in [2.05, 4.69) is 56.8 Å². The van der Waals surface area contributed by atoms with Crippen molar-refractivity contribution in [3.05, 3.63) is 53.9 Å². The van der Waals surface area contributed by atoms with Crippen molar-refractivity contribution in [2.75, 3.05) is 26.7 Å². The molecule has 1 aliphatic rings. The van der Waals surface area contributed by atoms with E-state index < -0.39 is 0 Å². The summed E-state index contributed by atoms with van der Waals surface area (Å²) in [5.41, 5.74) is 2.54. The maximum Gasteiger partial charge on any atom is 0.191 e. The molecule has 0 radical (unpaired) electrons. The topological polar surface area (TPSA) is 57.5 Å². The van der Waals surface area contributed by atoms with Crippen molar-refractivity contribution in [2.45, 2.75) is 45.3 Å². The van der Waals surface area contributed by atoms with E-state index in [4.69, 9.17) is 0 Å². The van der Waals surface area contributed by atoms with Gasteiger partial charge in [0.1, 0.15) is 0 Å². The molecule has 0 aliphatic carbocycles. The highest BCUT2D eigenvalue weighted by Gasteiger charge is 2.20. The van der Waals surface area contributed by atoms with E-state index in [0.717, 1.165) is 32.0 Å². The summed E-state index contributed by atoms with van der Waals surface area (Å²) >= 11 is 0. The summed E-state index contributed by atoms with van der Waals surface area (Å²) in [5, 5.41) is 11.3. The van der Waals surface area contributed by atoms with Crippen molar-refractivity contribution in [1.29, 1.82) is 0 Å². The first-order valence-electron chi connectivity index (χ1n) is 10.0. The number of aromatic nitrogens is 2. The number of nitrogens with one attached hydrogen (secondary N) is 2. The van der Waals surface area contributed by atoms with Crippen LogP contribution in [-0.2, 0) is 13.1 Å². The second-order valence-corrected chi connectivity index (χ2v) is 7.08. The van der Waals surface area contributed by atoms with Gasteiger partial charge in [0.05, 0.1) is 6.54 Å². The summed E-state index contributed by atoms with van der Waals surface area (Å²) in [6.07, 6.45) is 7.63. The molecule has 146 valence electrons. The Labute approximate surface area is 162 Å². The van der Waals surface area contributed by atoms with Crippen LogP contribution in [0.4, 0.5) is 0 Å². The predicted octanol–water partition coefficient (Wildman–Crippen LogP) is 2.47. The van der Waals surface area contributed by atoms with E-state index in [0.29, 0.717) is 6.04 Å². The molecular weight excluding hydrogens is 336 g/mol. The summed E-state index contributed by atoms with van der Waals surface area (Å²) in [6, 6.07) is 11.0. The Kier molecular flexibility index (Phi) is 7.27. The first kappa shape index (κ1) is 19.4. The third-order valence-electron chi connectivity index (χ3n) is 5.31. The number of hydrogen-bond acceptors (Lipinski definition) is 3. The van der Waals surface area contributed by atoms with Gasteiger partial charge in [-0.25, -0.2) is 0 Å². The summed E-state index contributed by atoms with van der Waals surface area (Å²) in [5.74, 6) is 0.863. The Morgan fingerprint density at radius 2 is 1.93 bits per heavy atom. The minimum absolute atomic E-state index is 0.582. The molecule has 1 fully saturated rings. The summed E-state index contributed by atoms with van der Waals surface area (Å²) in [7, 11) is 1.84. The molecule has 6 nitrogen and oxygen atoms in total. The van der Waals surface area contributed by atoms with Gasteiger partial charge < -0.3 is 10.6 Å². The minimum Gasteiger partial charge on any atom is -0.355 e. The van der Waals surface area contributed by atoms with Crippen LogP contribution < -0.4 is 10.6 Å². The van der Waals surface area contributed by atoms with Crippen molar-refractivity contribution in [2.24, 2.45) is 4.99 Å². The van der Waals surface area contributed by atoms with Crippen LogP contribution in [-0.4, -0.2) is 53.4 Å². The zero-order chi connectivity index (χ0) is 18.9. The number of guanidine groups is 1. The fourth-order valence-corrected chi connectivity index (χ4v) is 3.71. The summed E-state index contributed by atoms with van der Waals surface area (Å²) in [6.45, 7) is 7.19. The molecule has 2 heterocycles.